The zero-order valence-electron chi connectivity index (χ0n) is 46.5. The van der Waals surface area contributed by atoms with Crippen molar-refractivity contribution in [2.75, 3.05) is 13.2 Å². The topological polar surface area (TPSA) is 78.9 Å². The Morgan fingerprint density at radius 2 is 0.563 bits per heavy atom. The minimum absolute atomic E-state index is 0.0983. The molecule has 0 bridgehead atoms. The van der Waals surface area contributed by atoms with Gasteiger partial charge in [0.25, 0.3) is 0 Å². The lowest BCUT2D eigenvalue weighted by molar-refractivity contribution is -0.167. The molecule has 0 spiro atoms. The Balaban J connectivity index is 4.44. The summed E-state index contributed by atoms with van der Waals surface area (Å²) in [6, 6.07) is 0. The Hall–Kier alpha value is -3.67. The second kappa shape index (κ2) is 58.9. The van der Waals surface area contributed by atoms with Crippen LogP contribution < -0.4 is 0 Å². The zero-order valence-corrected chi connectivity index (χ0v) is 46.5. The summed E-state index contributed by atoms with van der Waals surface area (Å²) in [5, 5.41) is 0. The first-order chi connectivity index (χ1) is 35.0. The molecule has 0 rings (SSSR count). The Kier molecular flexibility index (Phi) is 55.9. The molecule has 0 amide bonds. The highest BCUT2D eigenvalue weighted by atomic mass is 16.6. The Bertz CT molecular complexity index is 1410. The summed E-state index contributed by atoms with van der Waals surface area (Å²) in [5.41, 5.74) is 0. The van der Waals surface area contributed by atoms with Gasteiger partial charge in [-0.3, -0.25) is 14.4 Å². The van der Waals surface area contributed by atoms with Gasteiger partial charge in [-0.15, -0.1) is 0 Å². The normalized spacial score (nSPS) is 12.8. The minimum Gasteiger partial charge on any atom is -0.462 e. The summed E-state index contributed by atoms with van der Waals surface area (Å²) in [6.07, 6.45) is 78.4. The molecule has 0 heterocycles. The van der Waals surface area contributed by atoms with Gasteiger partial charge >= 0.3 is 17.9 Å². The molecule has 0 radical (unpaired) electrons. The highest BCUT2D eigenvalue weighted by molar-refractivity contribution is 5.71. The highest BCUT2D eigenvalue weighted by Gasteiger charge is 2.19. The monoisotopic (exact) mass is 987 g/mol. The average molecular weight is 988 g/mol. The summed E-state index contributed by atoms with van der Waals surface area (Å²) >= 11 is 0. The first-order valence-electron chi connectivity index (χ1n) is 29.7. The largest absolute Gasteiger partial charge is 0.462 e. The molecule has 1 atom stereocenters. The van der Waals surface area contributed by atoms with Crippen LogP contribution in [0.3, 0.4) is 0 Å². The molecule has 0 aromatic rings. The molecule has 0 saturated heterocycles. The molecule has 406 valence electrons. The van der Waals surface area contributed by atoms with Crippen molar-refractivity contribution in [2.24, 2.45) is 0 Å². The van der Waals surface area contributed by atoms with Gasteiger partial charge in [0.1, 0.15) is 13.2 Å². The van der Waals surface area contributed by atoms with E-state index >= 15 is 0 Å². The summed E-state index contributed by atoms with van der Waals surface area (Å²) in [7, 11) is 0. The molecule has 6 nitrogen and oxygen atoms in total. The van der Waals surface area contributed by atoms with E-state index in [1.807, 2.05) is 0 Å². The molecule has 0 fully saturated rings. The SMILES string of the molecule is CC/C=C\C/C=C\C/C=C\C/C=C\C/C=C\C/C=C\C/C=C\CCCC(=O)OCC(COC(=O)CCCCCCC/C=C\CCCCC)OC(=O)CCCCCCCCCCCCCCCCCCCC. The quantitative estimate of drug-likeness (QED) is 0.0261. The first kappa shape index (κ1) is 67.3. The van der Waals surface area contributed by atoms with Gasteiger partial charge in [0, 0.05) is 19.3 Å². The van der Waals surface area contributed by atoms with E-state index < -0.39 is 6.10 Å². The van der Waals surface area contributed by atoms with E-state index in [9.17, 15) is 14.4 Å². The number of esters is 3. The van der Waals surface area contributed by atoms with Crippen LogP contribution in [-0.2, 0) is 28.6 Å². The number of carbonyl (C=O) groups excluding carboxylic acids is 3. The molecule has 0 aromatic carbocycles. The van der Waals surface area contributed by atoms with Crippen LogP contribution in [-0.4, -0.2) is 37.2 Å². The smallest absolute Gasteiger partial charge is 0.306 e. The molecule has 0 aliphatic heterocycles. The van der Waals surface area contributed by atoms with Crippen molar-refractivity contribution in [3.63, 3.8) is 0 Å². The fourth-order valence-electron chi connectivity index (χ4n) is 8.13. The maximum Gasteiger partial charge on any atom is 0.306 e. The molecule has 0 aliphatic carbocycles. The van der Waals surface area contributed by atoms with Crippen molar-refractivity contribution in [1.29, 1.82) is 0 Å². The summed E-state index contributed by atoms with van der Waals surface area (Å²) in [5.74, 6) is -0.962. The molecular formula is C65H110O6. The van der Waals surface area contributed by atoms with Gasteiger partial charge in [0.15, 0.2) is 6.10 Å². The fraction of sp³-hybridized carbons (Fsp3) is 0.708. The molecule has 0 N–H and O–H groups in total. The molecule has 71 heavy (non-hydrogen) atoms. The van der Waals surface area contributed by atoms with Crippen LogP contribution in [0.5, 0.6) is 0 Å². The Morgan fingerprint density at radius 3 is 0.958 bits per heavy atom. The summed E-state index contributed by atoms with van der Waals surface area (Å²) < 4.78 is 16.8. The molecule has 0 aromatic heterocycles. The van der Waals surface area contributed by atoms with Crippen molar-refractivity contribution in [3.8, 4) is 0 Å². The van der Waals surface area contributed by atoms with Crippen molar-refractivity contribution in [2.45, 2.75) is 284 Å². The van der Waals surface area contributed by atoms with E-state index in [1.165, 1.54) is 128 Å². The van der Waals surface area contributed by atoms with Gasteiger partial charge in [-0.05, 0) is 96.3 Å². The summed E-state index contributed by atoms with van der Waals surface area (Å²) in [6.45, 7) is 6.46. The minimum atomic E-state index is -0.803. The van der Waals surface area contributed by atoms with Crippen LogP contribution in [0.4, 0.5) is 0 Å². The molecule has 6 heteroatoms. The van der Waals surface area contributed by atoms with E-state index in [2.05, 4.69) is 118 Å². The summed E-state index contributed by atoms with van der Waals surface area (Å²) in [4.78, 5) is 38.1. The number of ether oxygens (including phenoxy) is 3. The molecule has 0 saturated carbocycles. The Labute approximate surface area is 438 Å². The highest BCUT2D eigenvalue weighted by Crippen LogP contribution is 2.16. The second-order valence-electron chi connectivity index (χ2n) is 19.5. The van der Waals surface area contributed by atoms with Gasteiger partial charge in [-0.25, -0.2) is 0 Å². The lowest BCUT2D eigenvalue weighted by Gasteiger charge is -2.18. The maximum atomic E-state index is 12.9. The second-order valence-corrected chi connectivity index (χ2v) is 19.5. The van der Waals surface area contributed by atoms with Crippen LogP contribution in [0.1, 0.15) is 278 Å². The van der Waals surface area contributed by atoms with Crippen molar-refractivity contribution in [3.05, 3.63) is 97.2 Å². The van der Waals surface area contributed by atoms with E-state index in [-0.39, 0.29) is 37.5 Å². The third-order valence-electron chi connectivity index (χ3n) is 12.6. The van der Waals surface area contributed by atoms with Gasteiger partial charge < -0.3 is 14.2 Å². The van der Waals surface area contributed by atoms with Crippen molar-refractivity contribution >= 4 is 17.9 Å². The maximum absolute atomic E-state index is 12.9. The first-order valence-corrected chi connectivity index (χ1v) is 29.7. The number of rotatable bonds is 53. The van der Waals surface area contributed by atoms with Crippen molar-refractivity contribution < 1.29 is 28.6 Å². The van der Waals surface area contributed by atoms with Crippen LogP contribution in [0, 0.1) is 0 Å². The third kappa shape index (κ3) is 57.1. The van der Waals surface area contributed by atoms with Crippen molar-refractivity contribution in [1.82, 2.24) is 0 Å². The predicted octanol–water partition coefficient (Wildman–Crippen LogP) is 20.1. The van der Waals surface area contributed by atoms with Crippen LogP contribution in [0.15, 0.2) is 97.2 Å². The van der Waals surface area contributed by atoms with E-state index in [0.717, 1.165) is 103 Å². The molecule has 1 unspecified atom stereocenters. The molecular weight excluding hydrogens is 877 g/mol. The van der Waals surface area contributed by atoms with E-state index in [0.29, 0.717) is 19.3 Å². The Morgan fingerprint density at radius 1 is 0.296 bits per heavy atom. The van der Waals surface area contributed by atoms with Crippen LogP contribution >= 0.6 is 0 Å². The van der Waals surface area contributed by atoms with E-state index in [4.69, 9.17) is 14.2 Å². The van der Waals surface area contributed by atoms with Gasteiger partial charge in [-0.2, -0.15) is 0 Å². The number of hydrogen-bond acceptors (Lipinski definition) is 6. The number of unbranched alkanes of at least 4 members (excludes halogenated alkanes) is 26. The number of allylic oxidation sites excluding steroid dienone is 16. The lowest BCUT2D eigenvalue weighted by atomic mass is 10.0. The van der Waals surface area contributed by atoms with Gasteiger partial charge in [-0.1, -0.05) is 259 Å². The standard InChI is InChI=1S/C65H110O6/c1-4-7-10-13-16-19-22-25-27-29-31-32-33-34-35-37-38-40-43-46-49-52-55-58-64(67)70-61-62(60-69-63(66)57-54-51-48-45-42-24-21-18-15-12-9-6-3)71-65(68)59-56-53-50-47-44-41-39-36-30-28-26-23-20-17-14-11-8-5-2/h7,10,16,18-19,21,25,27,31-32,34-35,38,40,46,49,62H,4-6,8-9,11-15,17,20,22-24,26,28-30,33,36-37,39,41-45,47-48,50-61H2,1-3H3/b10-7-,19-16-,21-18-,27-25-,32-31-,35-34-,40-38-,49-46-. The number of carbonyl (C=O) groups is 3. The fourth-order valence-corrected chi connectivity index (χ4v) is 8.13. The van der Waals surface area contributed by atoms with Gasteiger partial charge in [0.2, 0.25) is 0 Å². The third-order valence-corrected chi connectivity index (χ3v) is 12.6. The lowest BCUT2D eigenvalue weighted by Crippen LogP contribution is -2.30. The zero-order chi connectivity index (χ0) is 51.4. The predicted molar refractivity (Wildman–Crippen MR) is 307 cm³/mol. The van der Waals surface area contributed by atoms with E-state index in [1.54, 1.807) is 0 Å². The number of hydrogen-bond donors (Lipinski definition) is 0. The van der Waals surface area contributed by atoms with Crippen LogP contribution in [0.25, 0.3) is 0 Å². The van der Waals surface area contributed by atoms with Crippen LogP contribution in [0.2, 0.25) is 0 Å². The molecule has 0 aliphatic rings. The average Bonchev–Trinajstić information content (AvgIpc) is 3.37. The van der Waals surface area contributed by atoms with Gasteiger partial charge in [0.05, 0.1) is 0 Å².